The van der Waals surface area contributed by atoms with Crippen LogP contribution in [-0.2, 0) is 5.60 Å². The predicted octanol–water partition coefficient (Wildman–Crippen LogP) is 0.873. The summed E-state index contributed by atoms with van der Waals surface area (Å²) in [4.78, 5) is 17.4. The second-order valence-electron chi connectivity index (χ2n) is 5.73. The molecule has 2 aromatic rings. The van der Waals surface area contributed by atoms with Gasteiger partial charge in [0.1, 0.15) is 17.0 Å². The number of H-pyrrole nitrogens is 2. The summed E-state index contributed by atoms with van der Waals surface area (Å²) in [5, 5.41) is 21.0. The molecule has 3 rings (SSSR count). The Labute approximate surface area is 122 Å². The molecular weight excluding hydrogens is 270 g/mol. The number of aromatic nitrogens is 4. The van der Waals surface area contributed by atoms with Crippen molar-refractivity contribution in [3.63, 3.8) is 0 Å². The van der Waals surface area contributed by atoms with Crippen LogP contribution in [0.3, 0.4) is 0 Å². The van der Waals surface area contributed by atoms with Crippen molar-refractivity contribution in [3.05, 3.63) is 34.9 Å². The lowest BCUT2D eigenvalue weighted by Gasteiger charge is -2.37. The first-order chi connectivity index (χ1) is 9.99. The minimum Gasteiger partial charge on any atom is -0.382 e. The molecule has 2 aromatic heterocycles. The Hall–Kier alpha value is -2.15. The number of hydrogen-bond acceptors (Lipinski definition) is 4. The second-order valence-corrected chi connectivity index (χ2v) is 5.73. The third-order valence-electron chi connectivity index (χ3n) is 4.01. The van der Waals surface area contributed by atoms with Crippen molar-refractivity contribution in [1.82, 2.24) is 25.3 Å². The Morgan fingerprint density at radius 1 is 1.48 bits per heavy atom. The number of nitrogens with zero attached hydrogens (tertiary/aromatic N) is 3. The number of aliphatic hydroxyl groups is 1. The van der Waals surface area contributed by atoms with Crippen molar-refractivity contribution in [2.75, 3.05) is 13.1 Å². The number of amides is 1. The van der Waals surface area contributed by atoms with Crippen LogP contribution in [0.4, 0.5) is 0 Å². The van der Waals surface area contributed by atoms with Crippen molar-refractivity contribution in [2.45, 2.75) is 32.3 Å². The van der Waals surface area contributed by atoms with E-state index in [0.717, 1.165) is 17.7 Å². The number of carbonyl (C=O) groups is 1. The zero-order valence-corrected chi connectivity index (χ0v) is 12.2. The van der Waals surface area contributed by atoms with Crippen LogP contribution in [0, 0.1) is 13.8 Å². The monoisotopic (exact) mass is 289 g/mol. The maximum absolute atomic E-state index is 12.6. The maximum atomic E-state index is 12.6. The van der Waals surface area contributed by atoms with Crippen molar-refractivity contribution in [2.24, 2.45) is 0 Å². The molecule has 1 fully saturated rings. The summed E-state index contributed by atoms with van der Waals surface area (Å²) in [6.07, 6.45) is 2.82. The van der Waals surface area contributed by atoms with Gasteiger partial charge < -0.3 is 15.0 Å². The number of piperidine rings is 1. The summed E-state index contributed by atoms with van der Waals surface area (Å²) in [5.74, 6) is -0.0813. The van der Waals surface area contributed by atoms with Crippen LogP contribution in [0.25, 0.3) is 0 Å². The highest BCUT2D eigenvalue weighted by Gasteiger charge is 2.39. The average molecular weight is 289 g/mol. The summed E-state index contributed by atoms with van der Waals surface area (Å²) in [5.41, 5.74) is 1.83. The molecule has 3 heterocycles. The lowest BCUT2D eigenvalue weighted by Crippen LogP contribution is -2.49. The average Bonchev–Trinajstić information content (AvgIpc) is 3.08. The fraction of sp³-hybridized carbons (Fsp3) is 0.500. The van der Waals surface area contributed by atoms with Gasteiger partial charge in [0.15, 0.2) is 0 Å². The van der Waals surface area contributed by atoms with E-state index in [9.17, 15) is 9.90 Å². The van der Waals surface area contributed by atoms with Gasteiger partial charge in [-0.2, -0.15) is 15.4 Å². The largest absolute Gasteiger partial charge is 0.382 e. The van der Waals surface area contributed by atoms with Gasteiger partial charge in [-0.1, -0.05) is 0 Å². The van der Waals surface area contributed by atoms with Crippen LogP contribution in [0.2, 0.25) is 0 Å². The van der Waals surface area contributed by atoms with Crippen LogP contribution in [0.15, 0.2) is 12.3 Å². The van der Waals surface area contributed by atoms with Crippen LogP contribution < -0.4 is 0 Å². The number of aryl methyl sites for hydroxylation is 2. The number of β-amino-alcohol motifs (C(OH)–C–C–N with tert-alkyl or cyclic N) is 1. The summed E-state index contributed by atoms with van der Waals surface area (Å²) in [6.45, 7) is 4.70. The van der Waals surface area contributed by atoms with Gasteiger partial charge in [-0.25, -0.2) is 0 Å². The van der Waals surface area contributed by atoms with E-state index in [0.29, 0.717) is 24.4 Å². The Kier molecular flexibility index (Phi) is 3.29. The standard InChI is InChI=1S/C14H19N5O2/c1-9-6-10(2)16-12(9)13(20)19-5-3-4-14(21,8-19)11-7-15-18-17-11/h6-7,16,21H,3-5,8H2,1-2H3,(H,15,17,18). The lowest BCUT2D eigenvalue weighted by atomic mass is 9.90. The molecule has 1 amide bonds. The predicted molar refractivity (Wildman–Crippen MR) is 75.7 cm³/mol. The third kappa shape index (κ3) is 2.44. The van der Waals surface area contributed by atoms with E-state index in [1.54, 1.807) is 4.90 Å². The Balaban J connectivity index is 1.83. The lowest BCUT2D eigenvalue weighted by molar-refractivity contribution is -0.0322. The zero-order chi connectivity index (χ0) is 15.0. The van der Waals surface area contributed by atoms with Gasteiger partial charge in [-0.05, 0) is 38.3 Å². The van der Waals surface area contributed by atoms with Gasteiger partial charge in [-0.3, -0.25) is 4.79 Å². The van der Waals surface area contributed by atoms with E-state index in [-0.39, 0.29) is 12.5 Å². The van der Waals surface area contributed by atoms with Gasteiger partial charge >= 0.3 is 0 Å². The Bertz CT molecular complexity index is 648. The Morgan fingerprint density at radius 2 is 2.29 bits per heavy atom. The van der Waals surface area contributed by atoms with Gasteiger partial charge in [0, 0.05) is 12.2 Å². The minimum absolute atomic E-state index is 0.0813. The van der Waals surface area contributed by atoms with Crippen molar-refractivity contribution in [1.29, 1.82) is 0 Å². The van der Waals surface area contributed by atoms with E-state index in [1.807, 2.05) is 19.9 Å². The molecule has 0 spiro atoms. The van der Waals surface area contributed by atoms with Gasteiger partial charge in [0.2, 0.25) is 0 Å². The molecule has 21 heavy (non-hydrogen) atoms. The van der Waals surface area contributed by atoms with Crippen molar-refractivity contribution >= 4 is 5.91 Å². The van der Waals surface area contributed by atoms with E-state index < -0.39 is 5.60 Å². The van der Waals surface area contributed by atoms with E-state index in [4.69, 9.17) is 0 Å². The van der Waals surface area contributed by atoms with Crippen molar-refractivity contribution in [3.8, 4) is 0 Å². The smallest absolute Gasteiger partial charge is 0.270 e. The fourth-order valence-electron chi connectivity index (χ4n) is 2.95. The molecule has 0 aromatic carbocycles. The highest BCUT2D eigenvalue weighted by molar-refractivity contribution is 5.94. The topological polar surface area (TPSA) is 97.9 Å². The molecule has 0 saturated carbocycles. The number of aromatic amines is 2. The SMILES string of the molecule is Cc1cc(C)c(C(=O)N2CCCC(O)(c3cn[nH]n3)C2)[nH]1. The normalized spacial score (nSPS) is 22.5. The molecule has 0 radical (unpaired) electrons. The summed E-state index contributed by atoms with van der Waals surface area (Å²) >= 11 is 0. The van der Waals surface area contributed by atoms with E-state index in [2.05, 4.69) is 20.4 Å². The first kappa shape index (κ1) is 13.8. The van der Waals surface area contributed by atoms with E-state index in [1.165, 1.54) is 6.20 Å². The molecule has 7 heteroatoms. The molecule has 1 aliphatic heterocycles. The zero-order valence-electron chi connectivity index (χ0n) is 12.2. The molecule has 3 N–H and O–H groups in total. The van der Waals surface area contributed by atoms with Crippen LogP contribution in [0.5, 0.6) is 0 Å². The summed E-state index contributed by atoms with van der Waals surface area (Å²) in [6, 6.07) is 1.95. The highest BCUT2D eigenvalue weighted by atomic mass is 16.3. The fourth-order valence-corrected chi connectivity index (χ4v) is 2.95. The number of hydrogen-bond donors (Lipinski definition) is 3. The molecular formula is C14H19N5O2. The molecule has 0 aliphatic carbocycles. The quantitative estimate of drug-likeness (QED) is 0.764. The minimum atomic E-state index is -1.13. The molecule has 1 aliphatic rings. The number of nitrogens with one attached hydrogen (secondary N) is 2. The highest BCUT2D eigenvalue weighted by Crippen LogP contribution is 2.30. The number of carbonyl (C=O) groups excluding carboxylic acids is 1. The van der Waals surface area contributed by atoms with E-state index >= 15 is 0 Å². The van der Waals surface area contributed by atoms with Gasteiger partial charge in [-0.15, -0.1) is 0 Å². The second kappa shape index (κ2) is 5.00. The summed E-state index contributed by atoms with van der Waals surface area (Å²) in [7, 11) is 0. The molecule has 7 nitrogen and oxygen atoms in total. The molecule has 0 bridgehead atoms. The molecule has 1 atom stereocenters. The molecule has 1 unspecified atom stereocenters. The van der Waals surface area contributed by atoms with Gasteiger partial charge in [0.25, 0.3) is 5.91 Å². The van der Waals surface area contributed by atoms with Gasteiger partial charge in [0.05, 0.1) is 12.7 Å². The maximum Gasteiger partial charge on any atom is 0.270 e. The number of likely N-dealkylation sites (tertiary alicyclic amines) is 1. The first-order valence-corrected chi connectivity index (χ1v) is 7.04. The van der Waals surface area contributed by atoms with Crippen LogP contribution in [-0.4, -0.2) is 49.4 Å². The molecule has 112 valence electrons. The third-order valence-corrected chi connectivity index (χ3v) is 4.01. The summed E-state index contributed by atoms with van der Waals surface area (Å²) < 4.78 is 0. The van der Waals surface area contributed by atoms with Crippen LogP contribution >= 0.6 is 0 Å². The number of rotatable bonds is 2. The first-order valence-electron chi connectivity index (χ1n) is 7.04. The molecule has 1 saturated heterocycles. The van der Waals surface area contributed by atoms with Crippen molar-refractivity contribution < 1.29 is 9.90 Å². The Morgan fingerprint density at radius 3 is 2.90 bits per heavy atom. The van der Waals surface area contributed by atoms with Crippen LogP contribution in [0.1, 0.15) is 40.3 Å².